The van der Waals surface area contributed by atoms with Crippen molar-refractivity contribution in [3.05, 3.63) is 69.0 Å². The first-order valence-corrected chi connectivity index (χ1v) is 14.6. The first-order valence-electron chi connectivity index (χ1n) is 13.7. The zero-order valence-electron chi connectivity index (χ0n) is 22.5. The second-order valence-electron chi connectivity index (χ2n) is 10.7. The molecule has 0 saturated heterocycles. The molecule has 1 atom stereocenters. The molecule has 5 rings (SSSR count). The van der Waals surface area contributed by atoms with Crippen LogP contribution < -0.4 is 15.5 Å². The second kappa shape index (κ2) is 11.6. The van der Waals surface area contributed by atoms with E-state index in [9.17, 15) is 9.59 Å². The number of amides is 1. The molecule has 2 aliphatic rings. The Morgan fingerprint density at radius 1 is 0.974 bits per heavy atom. The van der Waals surface area contributed by atoms with Gasteiger partial charge in [0, 0.05) is 37.3 Å². The smallest absolute Gasteiger partial charge is 0.227 e. The van der Waals surface area contributed by atoms with Gasteiger partial charge in [-0.3, -0.25) is 9.59 Å². The molecule has 2 aliphatic carbocycles. The maximum Gasteiger partial charge on any atom is 0.227 e. The minimum atomic E-state index is -0.273. The van der Waals surface area contributed by atoms with Gasteiger partial charge in [0.05, 0.1) is 16.5 Å². The molecule has 1 amide bonds. The Kier molecular flexibility index (Phi) is 8.07. The first kappa shape index (κ1) is 26.4. The SMILES string of the molecule is CC(C(=O)NC1CCC(Nc2nc3c(c(N(C)C)n2)CCCC3)CC1)c1ccc(C(=O)c2cccs2)cc1. The van der Waals surface area contributed by atoms with Crippen molar-refractivity contribution in [2.75, 3.05) is 24.3 Å². The largest absolute Gasteiger partial charge is 0.362 e. The Morgan fingerprint density at radius 3 is 2.37 bits per heavy atom. The van der Waals surface area contributed by atoms with Crippen LogP contribution >= 0.6 is 11.3 Å². The molecule has 1 unspecified atom stereocenters. The first-order chi connectivity index (χ1) is 18.4. The van der Waals surface area contributed by atoms with Crippen LogP contribution in [0.4, 0.5) is 11.8 Å². The number of carbonyl (C=O) groups is 2. The van der Waals surface area contributed by atoms with Gasteiger partial charge in [0.25, 0.3) is 0 Å². The molecule has 2 N–H and O–H groups in total. The third-order valence-electron chi connectivity index (χ3n) is 7.80. The van der Waals surface area contributed by atoms with Crippen LogP contribution in [0.1, 0.15) is 83.4 Å². The van der Waals surface area contributed by atoms with Gasteiger partial charge in [-0.25, -0.2) is 4.98 Å². The lowest BCUT2D eigenvalue weighted by Crippen LogP contribution is -2.41. The van der Waals surface area contributed by atoms with Crippen LogP contribution in [0, 0.1) is 0 Å². The average Bonchev–Trinajstić information content (AvgIpc) is 3.48. The predicted molar refractivity (Wildman–Crippen MR) is 153 cm³/mol. The Hall–Kier alpha value is -3.26. The van der Waals surface area contributed by atoms with E-state index < -0.39 is 0 Å². The highest BCUT2D eigenvalue weighted by atomic mass is 32.1. The van der Waals surface area contributed by atoms with Gasteiger partial charge >= 0.3 is 0 Å². The van der Waals surface area contributed by atoms with E-state index >= 15 is 0 Å². The number of aromatic nitrogens is 2. The summed E-state index contributed by atoms with van der Waals surface area (Å²) in [7, 11) is 4.10. The molecule has 1 fully saturated rings. The number of aryl methyl sites for hydroxylation is 1. The lowest BCUT2D eigenvalue weighted by Gasteiger charge is -2.31. The molecule has 0 aliphatic heterocycles. The monoisotopic (exact) mass is 531 g/mol. The van der Waals surface area contributed by atoms with Gasteiger partial charge in [-0.15, -0.1) is 11.3 Å². The van der Waals surface area contributed by atoms with Crippen LogP contribution in [-0.2, 0) is 17.6 Å². The number of fused-ring (bicyclic) bond motifs is 1. The summed E-state index contributed by atoms with van der Waals surface area (Å²) in [5.74, 6) is 1.55. The standard InChI is InChI=1S/C30H37N5O2S/c1-19(20-10-12-21(13-11-20)27(36)26-9-6-18-38-26)29(37)31-22-14-16-23(17-15-22)32-30-33-25-8-5-4-7-24(25)28(34-30)35(2)3/h6,9-13,18-19,22-23H,4-5,7-8,14-17H2,1-3H3,(H,31,37)(H,32,33,34). The van der Waals surface area contributed by atoms with Gasteiger partial charge in [0.15, 0.2) is 0 Å². The fraction of sp³-hybridized carbons (Fsp3) is 0.467. The lowest BCUT2D eigenvalue weighted by atomic mass is 9.90. The molecular weight excluding hydrogens is 494 g/mol. The van der Waals surface area contributed by atoms with Gasteiger partial charge in [0.2, 0.25) is 17.6 Å². The van der Waals surface area contributed by atoms with E-state index in [1.807, 2.05) is 48.7 Å². The molecule has 2 aromatic heterocycles. The summed E-state index contributed by atoms with van der Waals surface area (Å²) in [4.78, 5) is 38.1. The van der Waals surface area contributed by atoms with Crippen molar-refractivity contribution >= 4 is 34.8 Å². The van der Waals surface area contributed by atoms with Crippen molar-refractivity contribution in [3.8, 4) is 0 Å². The zero-order chi connectivity index (χ0) is 26.6. The van der Waals surface area contributed by atoms with Gasteiger partial charge in [-0.1, -0.05) is 30.3 Å². The third kappa shape index (κ3) is 5.90. The summed E-state index contributed by atoms with van der Waals surface area (Å²) in [5.41, 5.74) is 4.06. The van der Waals surface area contributed by atoms with Gasteiger partial charge in [-0.05, 0) is 75.3 Å². The second-order valence-corrected chi connectivity index (χ2v) is 11.7. The fourth-order valence-corrected chi connectivity index (χ4v) is 6.21. The zero-order valence-corrected chi connectivity index (χ0v) is 23.3. The van der Waals surface area contributed by atoms with Crippen LogP contribution in [0.2, 0.25) is 0 Å². The third-order valence-corrected chi connectivity index (χ3v) is 8.67. The molecule has 3 aromatic rings. The minimum absolute atomic E-state index is 0.0211. The highest BCUT2D eigenvalue weighted by molar-refractivity contribution is 7.12. The Labute approximate surface area is 229 Å². The molecule has 0 spiro atoms. The number of ketones is 1. The minimum Gasteiger partial charge on any atom is -0.362 e. The number of anilines is 2. The van der Waals surface area contributed by atoms with Crippen molar-refractivity contribution in [1.29, 1.82) is 0 Å². The topological polar surface area (TPSA) is 87.2 Å². The Balaban J connectivity index is 1.13. The quantitative estimate of drug-likeness (QED) is 0.381. The van der Waals surface area contributed by atoms with Gasteiger partial charge in [-0.2, -0.15) is 4.98 Å². The van der Waals surface area contributed by atoms with E-state index in [1.165, 1.54) is 35.4 Å². The van der Waals surface area contributed by atoms with E-state index in [1.54, 1.807) is 0 Å². The van der Waals surface area contributed by atoms with E-state index in [0.717, 1.165) is 60.7 Å². The molecule has 38 heavy (non-hydrogen) atoms. The molecule has 7 nitrogen and oxygen atoms in total. The van der Waals surface area contributed by atoms with Gasteiger partial charge in [0.1, 0.15) is 5.82 Å². The number of hydrogen-bond acceptors (Lipinski definition) is 7. The van der Waals surface area contributed by atoms with Crippen LogP contribution in [0.3, 0.4) is 0 Å². The Bertz CT molecular complexity index is 1260. The number of nitrogens with one attached hydrogen (secondary N) is 2. The summed E-state index contributed by atoms with van der Waals surface area (Å²) >= 11 is 1.44. The molecular formula is C30H37N5O2S. The summed E-state index contributed by atoms with van der Waals surface area (Å²) in [5, 5.41) is 8.74. The van der Waals surface area contributed by atoms with E-state index in [0.29, 0.717) is 11.6 Å². The molecule has 200 valence electrons. The van der Waals surface area contributed by atoms with Crippen molar-refractivity contribution in [3.63, 3.8) is 0 Å². The van der Waals surface area contributed by atoms with Crippen molar-refractivity contribution in [2.45, 2.75) is 76.3 Å². The predicted octanol–water partition coefficient (Wildman–Crippen LogP) is 5.36. The van der Waals surface area contributed by atoms with E-state index in [2.05, 4.69) is 29.6 Å². The maximum absolute atomic E-state index is 13.0. The summed E-state index contributed by atoms with van der Waals surface area (Å²) in [6.07, 6.45) is 8.27. The molecule has 8 heteroatoms. The maximum atomic E-state index is 13.0. The molecule has 2 heterocycles. The summed E-state index contributed by atoms with van der Waals surface area (Å²) < 4.78 is 0. The van der Waals surface area contributed by atoms with Crippen LogP contribution in [-0.4, -0.2) is 47.8 Å². The Morgan fingerprint density at radius 2 is 1.68 bits per heavy atom. The van der Waals surface area contributed by atoms with Crippen molar-refractivity contribution in [2.24, 2.45) is 0 Å². The van der Waals surface area contributed by atoms with Crippen LogP contribution in [0.15, 0.2) is 41.8 Å². The van der Waals surface area contributed by atoms with E-state index in [-0.39, 0.29) is 23.7 Å². The highest BCUT2D eigenvalue weighted by Crippen LogP contribution is 2.29. The number of hydrogen-bond donors (Lipinski definition) is 2. The molecule has 1 aromatic carbocycles. The molecule has 1 saturated carbocycles. The average molecular weight is 532 g/mol. The fourth-order valence-electron chi connectivity index (χ4n) is 5.52. The molecule has 0 bridgehead atoms. The summed E-state index contributed by atoms with van der Waals surface area (Å²) in [6.45, 7) is 1.92. The number of rotatable bonds is 8. The number of benzene rings is 1. The normalized spacial score (nSPS) is 19.8. The van der Waals surface area contributed by atoms with Crippen LogP contribution in [0.25, 0.3) is 0 Å². The van der Waals surface area contributed by atoms with Crippen LogP contribution in [0.5, 0.6) is 0 Å². The van der Waals surface area contributed by atoms with Crippen molar-refractivity contribution < 1.29 is 9.59 Å². The van der Waals surface area contributed by atoms with E-state index in [4.69, 9.17) is 9.97 Å². The molecule has 0 radical (unpaired) electrons. The number of carbonyl (C=O) groups excluding carboxylic acids is 2. The number of thiophene rings is 1. The highest BCUT2D eigenvalue weighted by Gasteiger charge is 2.26. The number of nitrogens with zero attached hydrogens (tertiary/aromatic N) is 3. The van der Waals surface area contributed by atoms with Crippen molar-refractivity contribution in [1.82, 2.24) is 15.3 Å². The summed E-state index contributed by atoms with van der Waals surface area (Å²) in [6, 6.07) is 11.6. The lowest BCUT2D eigenvalue weighted by molar-refractivity contribution is -0.123. The van der Waals surface area contributed by atoms with Gasteiger partial charge < -0.3 is 15.5 Å².